The number of hydrogen-bond donors (Lipinski definition) is 3. The van der Waals surface area contributed by atoms with E-state index in [9.17, 15) is 19.8 Å². The second kappa shape index (κ2) is 11.1. The Balaban J connectivity index is 2.83. The lowest BCUT2D eigenvalue weighted by Crippen LogP contribution is -2.48. The lowest BCUT2D eigenvalue weighted by molar-refractivity contribution is -0.124. The Kier molecular flexibility index (Phi) is 9.58. The highest BCUT2D eigenvalue weighted by Crippen LogP contribution is 2.12. The van der Waals surface area contributed by atoms with Gasteiger partial charge in [0.25, 0.3) is 0 Å². The second-order valence-corrected chi connectivity index (χ2v) is 8.43. The number of alkyl carbamates (subject to hydrolysis) is 1. The van der Waals surface area contributed by atoms with Gasteiger partial charge in [0.1, 0.15) is 5.60 Å². The number of hydrogen-bond acceptors (Lipinski definition) is 6. The molecule has 0 aliphatic rings. The van der Waals surface area contributed by atoms with Crippen LogP contribution in [0.25, 0.3) is 0 Å². The molecule has 1 amide bonds. The summed E-state index contributed by atoms with van der Waals surface area (Å²) in [6.45, 7) is 9.53. The average molecular weight is 395 g/mol. The van der Waals surface area contributed by atoms with E-state index in [4.69, 9.17) is 4.74 Å². The van der Waals surface area contributed by atoms with Crippen molar-refractivity contribution in [3.63, 3.8) is 0 Å². The summed E-state index contributed by atoms with van der Waals surface area (Å²) in [5, 5.41) is 21.4. The number of carbonyl (C=O) groups is 2. The number of benzene rings is 1. The summed E-state index contributed by atoms with van der Waals surface area (Å²) in [6, 6.07) is 8.78. The van der Waals surface area contributed by atoms with Crippen molar-refractivity contribution in [2.45, 2.75) is 65.5 Å². The van der Waals surface area contributed by atoms with Gasteiger partial charge in [-0.3, -0.25) is 9.69 Å². The number of amides is 1. The summed E-state index contributed by atoms with van der Waals surface area (Å²) in [7, 11) is 0. The number of carbonyl (C=O) groups excluding carboxylic acids is 2. The summed E-state index contributed by atoms with van der Waals surface area (Å²) in [5.41, 5.74) is 0.298. The lowest BCUT2D eigenvalue weighted by atomic mass is 10.00. The molecule has 1 rings (SSSR count). The SMILES string of the molecule is CC(C)C[C@H](NC(=O)OC(C)(C)C)C(=O)CN(Cc1ccccc1)CC(O)O. The van der Waals surface area contributed by atoms with Crippen LogP contribution in [0.3, 0.4) is 0 Å². The molecule has 0 heterocycles. The molecule has 7 heteroatoms. The number of ether oxygens (including phenoxy) is 1. The largest absolute Gasteiger partial charge is 0.444 e. The fraction of sp³-hybridized carbons (Fsp3) is 0.619. The van der Waals surface area contributed by atoms with Crippen molar-refractivity contribution in [3.05, 3.63) is 35.9 Å². The van der Waals surface area contributed by atoms with Crippen LogP contribution >= 0.6 is 0 Å². The molecule has 1 atom stereocenters. The standard InChI is InChI=1S/C21H34N2O5/c1-15(2)11-17(22-20(27)28-21(3,4)5)18(24)13-23(14-19(25)26)12-16-9-7-6-8-10-16/h6-10,15,17,19,25-26H,11-14H2,1-5H3,(H,22,27)/t17-/m0/s1. The Morgan fingerprint density at radius 2 is 1.75 bits per heavy atom. The molecule has 28 heavy (non-hydrogen) atoms. The Morgan fingerprint density at radius 3 is 2.25 bits per heavy atom. The van der Waals surface area contributed by atoms with Gasteiger partial charge < -0.3 is 20.3 Å². The molecule has 0 radical (unpaired) electrons. The number of Topliss-reactive ketones (excluding diaryl/α,β-unsaturated/α-hetero) is 1. The first-order chi connectivity index (χ1) is 13.0. The van der Waals surface area contributed by atoms with E-state index in [1.165, 1.54) is 0 Å². The molecule has 0 saturated heterocycles. The van der Waals surface area contributed by atoms with Crippen LogP contribution in [0.5, 0.6) is 0 Å². The Bertz CT molecular complexity index is 611. The molecule has 0 bridgehead atoms. The van der Waals surface area contributed by atoms with Gasteiger partial charge in [0.05, 0.1) is 12.6 Å². The van der Waals surface area contributed by atoms with Crippen LogP contribution in [0.1, 0.15) is 46.6 Å². The average Bonchev–Trinajstić information content (AvgIpc) is 2.52. The molecule has 0 spiro atoms. The van der Waals surface area contributed by atoms with Crippen LogP contribution in [0.15, 0.2) is 30.3 Å². The molecule has 1 aromatic rings. The summed E-state index contributed by atoms with van der Waals surface area (Å²) in [4.78, 5) is 26.7. The second-order valence-electron chi connectivity index (χ2n) is 8.43. The highest BCUT2D eigenvalue weighted by Gasteiger charge is 2.26. The summed E-state index contributed by atoms with van der Waals surface area (Å²) >= 11 is 0. The van der Waals surface area contributed by atoms with Gasteiger partial charge in [-0.25, -0.2) is 4.79 Å². The molecular formula is C21H34N2O5. The molecule has 0 saturated carbocycles. The number of aliphatic hydroxyl groups is 2. The predicted octanol–water partition coefficient (Wildman–Crippen LogP) is 2.31. The molecule has 0 fully saturated rings. The zero-order chi connectivity index (χ0) is 21.3. The van der Waals surface area contributed by atoms with Crippen molar-refractivity contribution in [1.29, 1.82) is 0 Å². The topological polar surface area (TPSA) is 99.1 Å². The smallest absolute Gasteiger partial charge is 0.408 e. The van der Waals surface area contributed by atoms with Crippen LogP contribution in [-0.2, 0) is 16.1 Å². The van der Waals surface area contributed by atoms with E-state index < -0.39 is 24.0 Å². The van der Waals surface area contributed by atoms with Crippen molar-refractivity contribution in [2.24, 2.45) is 5.92 Å². The third-order valence-electron chi connectivity index (χ3n) is 3.84. The summed E-state index contributed by atoms with van der Waals surface area (Å²) in [5.74, 6) is -0.00830. The number of rotatable bonds is 10. The monoisotopic (exact) mass is 394 g/mol. The quantitative estimate of drug-likeness (QED) is 0.527. The molecule has 1 aromatic carbocycles. The van der Waals surface area contributed by atoms with Crippen molar-refractivity contribution in [1.82, 2.24) is 10.2 Å². The van der Waals surface area contributed by atoms with Crippen LogP contribution in [0, 0.1) is 5.92 Å². The Morgan fingerprint density at radius 1 is 1.14 bits per heavy atom. The van der Waals surface area contributed by atoms with Gasteiger partial charge >= 0.3 is 6.09 Å². The third kappa shape index (κ3) is 10.4. The van der Waals surface area contributed by atoms with Crippen molar-refractivity contribution in [3.8, 4) is 0 Å². The minimum atomic E-state index is -1.56. The molecule has 0 aromatic heterocycles. The molecule has 7 nitrogen and oxygen atoms in total. The van der Waals surface area contributed by atoms with Crippen molar-refractivity contribution >= 4 is 11.9 Å². The van der Waals surface area contributed by atoms with Crippen molar-refractivity contribution in [2.75, 3.05) is 13.1 Å². The third-order valence-corrected chi connectivity index (χ3v) is 3.84. The maximum atomic E-state index is 12.9. The zero-order valence-corrected chi connectivity index (χ0v) is 17.5. The van der Waals surface area contributed by atoms with E-state index >= 15 is 0 Å². The van der Waals surface area contributed by atoms with E-state index in [1.54, 1.807) is 25.7 Å². The van der Waals surface area contributed by atoms with Gasteiger partial charge in [-0.2, -0.15) is 0 Å². The van der Waals surface area contributed by atoms with E-state index in [2.05, 4.69) is 5.32 Å². The fourth-order valence-corrected chi connectivity index (χ4v) is 2.78. The number of nitrogens with one attached hydrogen (secondary N) is 1. The van der Waals surface area contributed by atoms with Gasteiger partial charge in [0.15, 0.2) is 12.1 Å². The molecular weight excluding hydrogens is 360 g/mol. The van der Waals surface area contributed by atoms with Crippen LogP contribution in [0.4, 0.5) is 4.79 Å². The number of nitrogens with zero attached hydrogens (tertiary/aromatic N) is 1. The van der Waals surface area contributed by atoms with Gasteiger partial charge in [-0.1, -0.05) is 44.2 Å². The van der Waals surface area contributed by atoms with E-state index in [0.29, 0.717) is 13.0 Å². The first-order valence-corrected chi connectivity index (χ1v) is 9.61. The Labute approximate surface area is 167 Å². The number of ketones is 1. The number of aliphatic hydroxyl groups excluding tert-OH is 1. The van der Waals surface area contributed by atoms with Crippen LogP contribution < -0.4 is 5.32 Å². The van der Waals surface area contributed by atoms with Crippen LogP contribution in [-0.4, -0.2) is 58.0 Å². The zero-order valence-electron chi connectivity index (χ0n) is 17.5. The maximum absolute atomic E-state index is 12.9. The van der Waals surface area contributed by atoms with Gasteiger partial charge in [0, 0.05) is 13.1 Å². The molecule has 0 aliphatic carbocycles. The predicted molar refractivity (Wildman–Crippen MR) is 108 cm³/mol. The van der Waals surface area contributed by atoms with E-state index in [0.717, 1.165) is 5.56 Å². The lowest BCUT2D eigenvalue weighted by Gasteiger charge is -2.27. The fourth-order valence-electron chi connectivity index (χ4n) is 2.78. The minimum Gasteiger partial charge on any atom is -0.444 e. The Hall–Kier alpha value is -1.96. The summed E-state index contributed by atoms with van der Waals surface area (Å²) in [6.07, 6.45) is -1.72. The minimum absolute atomic E-state index is 0.0142. The summed E-state index contributed by atoms with van der Waals surface area (Å²) < 4.78 is 5.27. The van der Waals surface area contributed by atoms with Gasteiger partial charge in [-0.05, 0) is 38.7 Å². The maximum Gasteiger partial charge on any atom is 0.408 e. The molecule has 0 aliphatic heterocycles. The first-order valence-electron chi connectivity index (χ1n) is 9.61. The van der Waals surface area contributed by atoms with Gasteiger partial charge in [-0.15, -0.1) is 0 Å². The van der Waals surface area contributed by atoms with Crippen LogP contribution in [0.2, 0.25) is 0 Å². The van der Waals surface area contributed by atoms with E-state index in [1.807, 2.05) is 44.2 Å². The van der Waals surface area contributed by atoms with E-state index in [-0.39, 0.29) is 24.8 Å². The highest BCUT2D eigenvalue weighted by molar-refractivity contribution is 5.89. The first kappa shape index (κ1) is 24.1. The molecule has 3 N–H and O–H groups in total. The van der Waals surface area contributed by atoms with Crippen molar-refractivity contribution < 1.29 is 24.5 Å². The normalized spacial score (nSPS) is 13.1. The van der Waals surface area contributed by atoms with Gasteiger partial charge in [0.2, 0.25) is 0 Å². The highest BCUT2D eigenvalue weighted by atomic mass is 16.6. The molecule has 0 unspecified atom stereocenters. The molecule has 158 valence electrons.